The normalized spacial score (nSPS) is 19.6. The van der Waals surface area contributed by atoms with Crippen molar-refractivity contribution in [3.63, 3.8) is 0 Å². The van der Waals surface area contributed by atoms with Crippen LogP contribution in [0.15, 0.2) is 18.3 Å². The molecule has 0 aliphatic carbocycles. The van der Waals surface area contributed by atoms with Gasteiger partial charge in [0.15, 0.2) is 0 Å². The number of aromatic carboxylic acids is 1. The van der Waals surface area contributed by atoms with Crippen molar-refractivity contribution in [2.45, 2.75) is 18.9 Å². The van der Waals surface area contributed by atoms with Crippen molar-refractivity contribution in [3.8, 4) is 0 Å². The average Bonchev–Trinajstić information content (AvgIpc) is 2.79. The first-order valence-electron chi connectivity index (χ1n) is 5.31. The van der Waals surface area contributed by atoms with Gasteiger partial charge >= 0.3 is 5.97 Å². The Hall–Kier alpha value is -1.62. The van der Waals surface area contributed by atoms with Crippen LogP contribution in [-0.4, -0.2) is 35.3 Å². The van der Waals surface area contributed by atoms with E-state index in [0.717, 1.165) is 19.4 Å². The standard InChI is InChI=1S/C11H14N2O3/c14-11(15)9-4-1-5-12-10(9)13-7-8-3-2-6-16-8/h1,4-5,8H,2-3,6-7H2,(H,12,13)(H,14,15)/t8-/m0/s1. The van der Waals surface area contributed by atoms with Crippen LogP contribution in [0.4, 0.5) is 5.82 Å². The first-order chi connectivity index (χ1) is 7.77. The number of carboxylic acids is 1. The number of hydrogen-bond acceptors (Lipinski definition) is 4. The Morgan fingerprint density at radius 2 is 2.56 bits per heavy atom. The Morgan fingerprint density at radius 3 is 3.25 bits per heavy atom. The fourth-order valence-electron chi connectivity index (χ4n) is 1.73. The van der Waals surface area contributed by atoms with Crippen molar-refractivity contribution in [1.82, 2.24) is 4.98 Å². The maximum Gasteiger partial charge on any atom is 0.339 e. The SMILES string of the molecule is O=C(O)c1cccnc1NC[C@@H]1CCCO1. The molecule has 1 aliphatic heterocycles. The number of carbonyl (C=O) groups is 1. The molecule has 0 radical (unpaired) electrons. The molecule has 5 heteroatoms. The Labute approximate surface area is 93.5 Å². The highest BCUT2D eigenvalue weighted by Gasteiger charge is 2.17. The van der Waals surface area contributed by atoms with E-state index in [1.54, 1.807) is 12.3 Å². The van der Waals surface area contributed by atoms with Crippen LogP contribution in [0, 0.1) is 0 Å². The average molecular weight is 222 g/mol. The molecule has 0 spiro atoms. The van der Waals surface area contributed by atoms with Gasteiger partial charge in [-0.25, -0.2) is 9.78 Å². The first kappa shape index (κ1) is 10.9. The van der Waals surface area contributed by atoms with Gasteiger partial charge in [0, 0.05) is 19.3 Å². The lowest BCUT2D eigenvalue weighted by Gasteiger charge is -2.12. The third-order valence-corrected chi connectivity index (χ3v) is 2.56. The number of anilines is 1. The van der Waals surface area contributed by atoms with Gasteiger partial charge in [-0.1, -0.05) is 0 Å². The molecule has 5 nitrogen and oxygen atoms in total. The van der Waals surface area contributed by atoms with Crippen molar-refractivity contribution in [1.29, 1.82) is 0 Å². The largest absolute Gasteiger partial charge is 0.478 e. The van der Waals surface area contributed by atoms with Gasteiger partial charge in [0.2, 0.25) is 0 Å². The predicted molar refractivity (Wildman–Crippen MR) is 58.7 cm³/mol. The summed E-state index contributed by atoms with van der Waals surface area (Å²) in [5, 5.41) is 12.0. The predicted octanol–water partition coefficient (Wildman–Crippen LogP) is 1.37. The molecule has 1 aliphatic rings. The molecule has 2 N–H and O–H groups in total. The van der Waals surface area contributed by atoms with Gasteiger partial charge in [-0.2, -0.15) is 0 Å². The number of nitrogens with zero attached hydrogens (tertiary/aromatic N) is 1. The summed E-state index contributed by atoms with van der Waals surface area (Å²) in [6.07, 6.45) is 3.83. The van der Waals surface area contributed by atoms with Crippen molar-refractivity contribution < 1.29 is 14.6 Å². The van der Waals surface area contributed by atoms with E-state index in [1.165, 1.54) is 6.07 Å². The first-order valence-corrected chi connectivity index (χ1v) is 5.31. The van der Waals surface area contributed by atoms with Gasteiger partial charge < -0.3 is 15.2 Å². The van der Waals surface area contributed by atoms with Gasteiger partial charge in [0.1, 0.15) is 11.4 Å². The zero-order valence-corrected chi connectivity index (χ0v) is 8.85. The Balaban J connectivity index is 2.00. The van der Waals surface area contributed by atoms with Crippen molar-refractivity contribution in [2.24, 2.45) is 0 Å². The molecule has 1 fully saturated rings. The van der Waals surface area contributed by atoms with Crippen LogP contribution in [0.1, 0.15) is 23.2 Å². The maximum absolute atomic E-state index is 10.9. The molecule has 1 aromatic heterocycles. The molecule has 1 atom stereocenters. The molecule has 2 rings (SSSR count). The second-order valence-corrected chi connectivity index (χ2v) is 3.72. The number of nitrogens with one attached hydrogen (secondary N) is 1. The van der Waals surface area contributed by atoms with E-state index in [-0.39, 0.29) is 11.7 Å². The molecule has 0 amide bonds. The monoisotopic (exact) mass is 222 g/mol. The maximum atomic E-state index is 10.9. The third-order valence-electron chi connectivity index (χ3n) is 2.56. The molecule has 0 saturated carbocycles. The summed E-state index contributed by atoms with van der Waals surface area (Å²) >= 11 is 0. The lowest BCUT2D eigenvalue weighted by atomic mass is 10.2. The van der Waals surface area contributed by atoms with Crippen LogP contribution in [0.25, 0.3) is 0 Å². The smallest absolute Gasteiger partial charge is 0.339 e. The van der Waals surface area contributed by atoms with Gasteiger partial charge in [0.25, 0.3) is 0 Å². The Morgan fingerprint density at radius 1 is 1.69 bits per heavy atom. The summed E-state index contributed by atoms with van der Waals surface area (Å²) in [5.74, 6) is -0.562. The van der Waals surface area contributed by atoms with Crippen LogP contribution in [0.3, 0.4) is 0 Å². The zero-order chi connectivity index (χ0) is 11.4. The number of aromatic nitrogens is 1. The summed E-state index contributed by atoms with van der Waals surface area (Å²) in [4.78, 5) is 14.9. The Bertz CT molecular complexity index is 375. The zero-order valence-electron chi connectivity index (χ0n) is 8.85. The summed E-state index contributed by atoms with van der Waals surface area (Å²) in [7, 11) is 0. The second-order valence-electron chi connectivity index (χ2n) is 3.72. The van der Waals surface area contributed by atoms with Gasteiger partial charge in [-0.15, -0.1) is 0 Å². The lowest BCUT2D eigenvalue weighted by Crippen LogP contribution is -2.20. The molecule has 1 saturated heterocycles. The molecule has 86 valence electrons. The molecular formula is C11H14N2O3. The van der Waals surface area contributed by atoms with Crippen LogP contribution in [0.5, 0.6) is 0 Å². The molecular weight excluding hydrogens is 208 g/mol. The minimum absolute atomic E-state index is 0.170. The highest BCUT2D eigenvalue weighted by molar-refractivity contribution is 5.92. The summed E-state index contributed by atoms with van der Waals surface area (Å²) in [5.41, 5.74) is 0.195. The van der Waals surface area contributed by atoms with Crippen LogP contribution in [-0.2, 0) is 4.74 Å². The number of pyridine rings is 1. The Kier molecular flexibility index (Phi) is 3.36. The lowest BCUT2D eigenvalue weighted by molar-refractivity contribution is 0.0697. The number of carboxylic acid groups (broad SMARTS) is 1. The molecule has 0 bridgehead atoms. The molecule has 0 aromatic carbocycles. The molecule has 0 unspecified atom stereocenters. The van der Waals surface area contributed by atoms with E-state index in [0.29, 0.717) is 12.4 Å². The minimum Gasteiger partial charge on any atom is -0.478 e. The summed E-state index contributed by atoms with van der Waals surface area (Å²) in [6.45, 7) is 1.40. The number of hydrogen-bond donors (Lipinski definition) is 2. The van der Waals surface area contributed by atoms with E-state index in [9.17, 15) is 4.79 Å². The van der Waals surface area contributed by atoms with Crippen LogP contribution >= 0.6 is 0 Å². The van der Waals surface area contributed by atoms with Crippen LogP contribution in [0.2, 0.25) is 0 Å². The van der Waals surface area contributed by atoms with Gasteiger partial charge in [0.05, 0.1) is 6.10 Å². The summed E-state index contributed by atoms with van der Waals surface area (Å²) in [6, 6.07) is 3.15. The minimum atomic E-state index is -0.969. The quantitative estimate of drug-likeness (QED) is 0.805. The highest BCUT2D eigenvalue weighted by Crippen LogP contribution is 2.15. The number of rotatable bonds is 4. The van der Waals surface area contributed by atoms with E-state index < -0.39 is 5.97 Å². The van der Waals surface area contributed by atoms with E-state index in [1.807, 2.05) is 0 Å². The molecule has 1 aromatic rings. The highest BCUT2D eigenvalue weighted by atomic mass is 16.5. The van der Waals surface area contributed by atoms with Crippen molar-refractivity contribution in [2.75, 3.05) is 18.5 Å². The van der Waals surface area contributed by atoms with Gasteiger partial charge in [-0.05, 0) is 25.0 Å². The fraction of sp³-hybridized carbons (Fsp3) is 0.455. The van der Waals surface area contributed by atoms with E-state index in [4.69, 9.17) is 9.84 Å². The third kappa shape index (κ3) is 2.49. The molecule has 2 heterocycles. The van der Waals surface area contributed by atoms with E-state index in [2.05, 4.69) is 10.3 Å². The fourth-order valence-corrected chi connectivity index (χ4v) is 1.73. The second kappa shape index (κ2) is 4.94. The molecule has 16 heavy (non-hydrogen) atoms. The number of ether oxygens (including phenoxy) is 1. The van der Waals surface area contributed by atoms with Crippen molar-refractivity contribution >= 4 is 11.8 Å². The van der Waals surface area contributed by atoms with Crippen LogP contribution < -0.4 is 5.32 Å². The van der Waals surface area contributed by atoms with Crippen molar-refractivity contribution in [3.05, 3.63) is 23.9 Å². The van der Waals surface area contributed by atoms with E-state index >= 15 is 0 Å². The summed E-state index contributed by atoms with van der Waals surface area (Å²) < 4.78 is 5.44. The van der Waals surface area contributed by atoms with Gasteiger partial charge in [-0.3, -0.25) is 0 Å². The topological polar surface area (TPSA) is 71.5 Å².